The Balaban J connectivity index is 0.00000204. The number of morpholine rings is 1. The summed E-state index contributed by atoms with van der Waals surface area (Å²) in [6, 6.07) is 2.85. The molecule has 348 valence electrons. The molecule has 6 atom stereocenters. The number of nitrogens with one attached hydrogen (secondary N) is 1. The monoisotopic (exact) mass is 897 g/mol. The molecule has 0 radical (unpaired) electrons. The number of fused-ring (bicyclic) bond motifs is 8. The van der Waals surface area contributed by atoms with Crippen LogP contribution < -0.4 is 35.6 Å². The number of anilines is 1. The van der Waals surface area contributed by atoms with Crippen LogP contribution in [0.15, 0.2) is 62.3 Å². The van der Waals surface area contributed by atoms with Crippen molar-refractivity contribution in [2.75, 3.05) is 59.0 Å². The lowest BCUT2D eigenvalue weighted by molar-refractivity contribution is -0.155. The minimum atomic E-state index is -1.77. The Kier molecular flexibility index (Phi) is 14.2. The van der Waals surface area contributed by atoms with Crippen LogP contribution in [0.3, 0.4) is 0 Å². The second-order valence-corrected chi connectivity index (χ2v) is 17.6. The molecule has 1 fully saturated rings. The second kappa shape index (κ2) is 19.6. The number of hydrogen-bond acceptors (Lipinski definition) is 15. The molecule has 4 aliphatic rings. The van der Waals surface area contributed by atoms with Crippen LogP contribution in [0.5, 0.6) is 17.2 Å². The SMILES string of the molecule is CC(=O)OC1C2C[C@H](C)CC(C)/C=C/C=C(/C)C(=O)Nc3c(=O)c4c(c(C)c5c(c4c4nc6c(=O)cc(OCCN7CCOCC7)cc6oc34)=C(O)[C@@](C)(O/C=C/C[C@H]1C)O5)O2.COC. The minimum Gasteiger partial charge on any atom is -0.505 e. The first-order chi connectivity index (χ1) is 31.0. The van der Waals surface area contributed by atoms with Crippen LogP contribution in [0.25, 0.3) is 38.7 Å². The fourth-order valence-electron chi connectivity index (χ4n) is 8.90. The van der Waals surface area contributed by atoms with E-state index in [1.165, 1.54) is 32.2 Å². The Morgan fingerprint density at radius 1 is 1.03 bits per heavy atom. The lowest BCUT2D eigenvalue weighted by Crippen LogP contribution is -2.41. The van der Waals surface area contributed by atoms with Gasteiger partial charge in [0, 0.05) is 82.3 Å². The average Bonchev–Trinajstić information content (AvgIpc) is 3.52. The molecule has 16 nitrogen and oxygen atoms in total. The Labute approximate surface area is 376 Å². The van der Waals surface area contributed by atoms with E-state index in [1.807, 2.05) is 19.1 Å². The average molecular weight is 898 g/mol. The molecule has 6 bridgehead atoms. The maximum absolute atomic E-state index is 15.4. The summed E-state index contributed by atoms with van der Waals surface area (Å²) in [5.41, 5.74) is -1.14. The van der Waals surface area contributed by atoms with Gasteiger partial charge in [-0.2, -0.15) is 0 Å². The summed E-state index contributed by atoms with van der Waals surface area (Å²) >= 11 is 0. The van der Waals surface area contributed by atoms with Gasteiger partial charge in [-0.25, -0.2) is 4.98 Å². The van der Waals surface area contributed by atoms with Crippen molar-refractivity contribution in [3.63, 3.8) is 0 Å². The molecule has 4 aromatic rings. The molecule has 2 N–H and O–H groups in total. The molecule has 0 saturated carbocycles. The van der Waals surface area contributed by atoms with Gasteiger partial charge in [-0.1, -0.05) is 39.0 Å². The number of allylic oxidation sites excluding steroid dienone is 4. The highest BCUT2D eigenvalue weighted by atomic mass is 16.7. The molecular formula is C49H59N3O13. The van der Waals surface area contributed by atoms with Crippen molar-refractivity contribution in [2.24, 2.45) is 17.8 Å². The number of carbonyl (C=O) groups excluding carboxylic acids is 2. The number of nitrogens with zero attached hydrogens (tertiary/aromatic N) is 2. The van der Waals surface area contributed by atoms with Gasteiger partial charge in [-0.3, -0.25) is 24.1 Å². The van der Waals surface area contributed by atoms with Crippen molar-refractivity contribution in [3.8, 4) is 17.2 Å². The molecule has 16 heteroatoms. The van der Waals surface area contributed by atoms with Gasteiger partial charge in [0.2, 0.25) is 10.9 Å². The number of amides is 1. The third-order valence-electron chi connectivity index (χ3n) is 12.1. The van der Waals surface area contributed by atoms with Crippen LogP contribution in [-0.2, 0) is 28.5 Å². The lowest BCUT2D eigenvalue weighted by atomic mass is 9.86. The van der Waals surface area contributed by atoms with Gasteiger partial charge in [-0.05, 0) is 51.0 Å². The minimum absolute atomic E-state index is 0.00402. The van der Waals surface area contributed by atoms with Crippen LogP contribution in [0, 0.1) is 24.7 Å². The number of rotatable bonds is 5. The zero-order valence-electron chi connectivity index (χ0n) is 38.5. The predicted octanol–water partition coefficient (Wildman–Crippen LogP) is 6.39. The Hall–Kier alpha value is -5.97. The number of esters is 1. The van der Waals surface area contributed by atoms with Crippen LogP contribution in [0.2, 0.25) is 0 Å². The summed E-state index contributed by atoms with van der Waals surface area (Å²) in [5, 5.41) is 15.0. The van der Waals surface area contributed by atoms with E-state index in [-0.39, 0.29) is 91.2 Å². The largest absolute Gasteiger partial charge is 0.505 e. The Morgan fingerprint density at radius 2 is 1.77 bits per heavy atom. The van der Waals surface area contributed by atoms with Gasteiger partial charge in [0.25, 0.3) is 5.91 Å². The fourth-order valence-corrected chi connectivity index (χ4v) is 8.90. The molecule has 1 amide bonds. The summed E-state index contributed by atoms with van der Waals surface area (Å²) in [7, 11) is 3.25. The Bertz CT molecular complexity index is 2760. The molecule has 3 aromatic carbocycles. The molecule has 5 heterocycles. The number of methoxy groups -OCH3 is 1. The van der Waals surface area contributed by atoms with Crippen LogP contribution >= 0.6 is 0 Å². The number of benzene rings is 3. The Morgan fingerprint density at radius 3 is 2.49 bits per heavy atom. The predicted molar refractivity (Wildman–Crippen MR) is 245 cm³/mol. The normalized spacial score (nSPS) is 26.7. The molecule has 0 spiro atoms. The molecule has 4 aliphatic heterocycles. The van der Waals surface area contributed by atoms with Gasteiger partial charge in [0.1, 0.15) is 47.3 Å². The van der Waals surface area contributed by atoms with Crippen LogP contribution in [-0.4, -0.2) is 98.5 Å². The second-order valence-electron chi connectivity index (χ2n) is 17.6. The first-order valence-electron chi connectivity index (χ1n) is 22.1. The van der Waals surface area contributed by atoms with Gasteiger partial charge in [-0.15, -0.1) is 0 Å². The van der Waals surface area contributed by atoms with E-state index in [4.69, 9.17) is 37.8 Å². The first kappa shape index (κ1) is 47.0. The molecular weight excluding hydrogens is 839 g/mol. The number of aliphatic hydroxyl groups is 1. The zero-order chi connectivity index (χ0) is 46.7. The van der Waals surface area contributed by atoms with E-state index in [1.54, 1.807) is 40.2 Å². The maximum atomic E-state index is 15.4. The summed E-state index contributed by atoms with van der Waals surface area (Å²) in [6.45, 7) is 16.0. The van der Waals surface area contributed by atoms with E-state index >= 15 is 4.79 Å². The molecule has 1 aromatic heterocycles. The maximum Gasteiger partial charge on any atom is 0.307 e. The van der Waals surface area contributed by atoms with Crippen molar-refractivity contribution in [3.05, 3.63) is 79.5 Å². The highest BCUT2D eigenvalue weighted by molar-refractivity contribution is 6.17. The molecule has 65 heavy (non-hydrogen) atoms. The van der Waals surface area contributed by atoms with Gasteiger partial charge >= 0.3 is 11.8 Å². The van der Waals surface area contributed by atoms with Gasteiger partial charge in [0.15, 0.2) is 22.4 Å². The standard InChI is InChI=1S/C47H53N3O12.C2H6O/c1-24-10-8-11-27(4)46(55)49-39-40(53)35-34(38-44(39)60-32-23-30(22-31(52)37(32)48-38)57-19-15-50-13-17-56-18-14-50)36-43-28(5)42(35)61-33(21-25(2)20-24)41(59-29(6)51)26(3)12-9-16-58-47(7,62-43)45(36)54;1-3-2/h8-11,16,22-26,33,41,54H,12-15,17-21H2,1-7H3,(H,49,55);1-2H3/b10-8+,16-9+,27-11-;/t24?,25-,26-,33?,41?,47+;/m1./s1. The van der Waals surface area contributed by atoms with Gasteiger partial charge in [0.05, 0.1) is 30.1 Å². The third kappa shape index (κ3) is 9.70. The zero-order valence-corrected chi connectivity index (χ0v) is 38.5. The quantitative estimate of drug-likeness (QED) is 0.127. The lowest BCUT2D eigenvalue weighted by Gasteiger charge is -2.34. The summed E-state index contributed by atoms with van der Waals surface area (Å²) < 4.78 is 48.0. The highest BCUT2D eigenvalue weighted by Gasteiger charge is 2.44. The van der Waals surface area contributed by atoms with Gasteiger partial charge < -0.3 is 48.0 Å². The summed E-state index contributed by atoms with van der Waals surface area (Å²) in [5.74, 6) is -2.96. The number of aromatic nitrogens is 1. The highest BCUT2D eigenvalue weighted by Crippen LogP contribution is 2.44. The molecule has 0 aliphatic carbocycles. The van der Waals surface area contributed by atoms with Crippen molar-refractivity contribution >= 4 is 56.3 Å². The fraction of sp³-hybridized carbons (Fsp3) is 0.490. The van der Waals surface area contributed by atoms with Crippen molar-refractivity contribution in [1.29, 1.82) is 0 Å². The third-order valence-corrected chi connectivity index (χ3v) is 12.1. The smallest absolute Gasteiger partial charge is 0.307 e. The van der Waals surface area contributed by atoms with E-state index in [0.717, 1.165) is 19.5 Å². The number of aliphatic hydroxyl groups excluding tert-OH is 1. The summed E-state index contributed by atoms with van der Waals surface area (Å²) in [6.07, 6.45) is 8.66. The summed E-state index contributed by atoms with van der Waals surface area (Å²) in [4.78, 5) is 63.2. The van der Waals surface area contributed by atoms with Crippen LogP contribution in [0.4, 0.5) is 5.69 Å². The van der Waals surface area contributed by atoms with Crippen molar-refractivity contribution in [1.82, 2.24) is 9.88 Å². The van der Waals surface area contributed by atoms with Crippen LogP contribution in [0.1, 0.15) is 66.4 Å². The molecule has 1 saturated heterocycles. The number of ether oxygens (including phenoxy) is 7. The number of hydrogen-bond donors (Lipinski definition) is 2. The first-order valence-corrected chi connectivity index (χ1v) is 22.1. The number of carbonyl (C=O) groups is 2. The van der Waals surface area contributed by atoms with Crippen molar-refractivity contribution in [2.45, 2.75) is 85.7 Å². The van der Waals surface area contributed by atoms with E-state index in [2.05, 4.69) is 28.8 Å². The van der Waals surface area contributed by atoms with Crippen molar-refractivity contribution < 1.29 is 52.3 Å². The van der Waals surface area contributed by atoms with E-state index in [9.17, 15) is 19.5 Å². The topological polar surface area (TPSA) is 194 Å². The van der Waals surface area contributed by atoms with E-state index in [0.29, 0.717) is 43.7 Å². The van der Waals surface area contributed by atoms with E-state index < -0.39 is 40.7 Å². The molecule has 8 rings (SSSR count). The molecule has 3 unspecified atom stereocenters.